The highest BCUT2D eigenvalue weighted by Gasteiger charge is 2.45. The predicted octanol–water partition coefficient (Wildman–Crippen LogP) is 1.06. The van der Waals surface area contributed by atoms with Gasteiger partial charge in [0.15, 0.2) is 0 Å². The maximum absolute atomic E-state index is 12.5. The molecule has 96 valence electrons. The summed E-state index contributed by atoms with van der Waals surface area (Å²) in [5, 5.41) is 2.29. The van der Waals surface area contributed by atoms with E-state index in [1.54, 1.807) is 0 Å². The van der Waals surface area contributed by atoms with Crippen molar-refractivity contribution in [2.24, 2.45) is 0 Å². The molecule has 0 spiro atoms. The van der Waals surface area contributed by atoms with Crippen molar-refractivity contribution in [3.8, 4) is 0 Å². The standard InChI is InChI=1S/C14H24N2O/c1-13(2)10-11(14(3,4)15-13)12(17)16-8-6-5-7-9-16/h10,15H,5-9H2,1-4H3/p+1. The molecule has 0 saturated carbocycles. The SMILES string of the molecule is CC1(C)C=C(C(=O)N2CCCCC2)C(C)(C)[NH2+]1. The molecular formula is C14H25N2O+. The Morgan fingerprint density at radius 3 is 2.24 bits per heavy atom. The van der Waals surface area contributed by atoms with E-state index in [-0.39, 0.29) is 17.0 Å². The number of carbonyl (C=O) groups is 1. The molecule has 0 aliphatic carbocycles. The van der Waals surface area contributed by atoms with Crippen LogP contribution >= 0.6 is 0 Å². The summed E-state index contributed by atoms with van der Waals surface area (Å²) in [6, 6.07) is 0. The number of carbonyl (C=O) groups excluding carboxylic acids is 1. The van der Waals surface area contributed by atoms with Crippen molar-refractivity contribution < 1.29 is 10.1 Å². The van der Waals surface area contributed by atoms with Crippen molar-refractivity contribution in [1.82, 2.24) is 4.90 Å². The molecule has 2 rings (SSSR count). The van der Waals surface area contributed by atoms with Crippen LogP contribution in [0.15, 0.2) is 11.6 Å². The number of rotatable bonds is 1. The van der Waals surface area contributed by atoms with Gasteiger partial charge in [0, 0.05) is 13.1 Å². The molecule has 0 aromatic rings. The Hall–Kier alpha value is -0.830. The Morgan fingerprint density at radius 2 is 1.76 bits per heavy atom. The monoisotopic (exact) mass is 237 g/mol. The normalized spacial score (nSPS) is 26.8. The van der Waals surface area contributed by atoms with Crippen LogP contribution in [-0.2, 0) is 4.79 Å². The van der Waals surface area contributed by atoms with E-state index in [9.17, 15) is 4.79 Å². The third-order valence-electron chi connectivity index (χ3n) is 3.82. The lowest BCUT2D eigenvalue weighted by molar-refractivity contribution is -0.750. The Kier molecular flexibility index (Phi) is 3.06. The fourth-order valence-corrected chi connectivity index (χ4v) is 3.21. The van der Waals surface area contributed by atoms with Gasteiger partial charge in [-0.15, -0.1) is 0 Å². The van der Waals surface area contributed by atoms with Crippen LogP contribution in [-0.4, -0.2) is 35.0 Å². The van der Waals surface area contributed by atoms with Crippen molar-refractivity contribution in [2.75, 3.05) is 13.1 Å². The minimum absolute atomic E-state index is 0.0459. The van der Waals surface area contributed by atoms with E-state index in [4.69, 9.17) is 0 Å². The molecule has 1 fully saturated rings. The van der Waals surface area contributed by atoms with E-state index in [2.05, 4.69) is 39.1 Å². The topological polar surface area (TPSA) is 36.9 Å². The number of hydrogen-bond donors (Lipinski definition) is 1. The molecule has 2 heterocycles. The third kappa shape index (κ3) is 2.54. The van der Waals surface area contributed by atoms with Crippen LogP contribution in [0.5, 0.6) is 0 Å². The molecule has 0 atom stereocenters. The summed E-state index contributed by atoms with van der Waals surface area (Å²) in [4.78, 5) is 14.6. The van der Waals surface area contributed by atoms with Crippen molar-refractivity contribution in [3.63, 3.8) is 0 Å². The van der Waals surface area contributed by atoms with Gasteiger partial charge in [0.05, 0.1) is 5.57 Å². The van der Waals surface area contributed by atoms with E-state index >= 15 is 0 Å². The van der Waals surface area contributed by atoms with Gasteiger partial charge in [0.1, 0.15) is 11.1 Å². The Bertz CT molecular complexity index is 349. The van der Waals surface area contributed by atoms with Gasteiger partial charge in [-0.05, 0) is 53.0 Å². The van der Waals surface area contributed by atoms with E-state index in [1.807, 2.05) is 4.90 Å². The van der Waals surface area contributed by atoms with Crippen LogP contribution in [0.1, 0.15) is 47.0 Å². The Labute approximate surface area is 104 Å². The first kappa shape index (κ1) is 12.6. The van der Waals surface area contributed by atoms with Gasteiger partial charge >= 0.3 is 0 Å². The number of nitrogens with two attached hydrogens (primary N) is 1. The summed E-state index contributed by atoms with van der Waals surface area (Å²) in [6.45, 7) is 10.5. The molecule has 3 nitrogen and oxygen atoms in total. The van der Waals surface area contributed by atoms with E-state index in [0.717, 1.165) is 31.5 Å². The fourth-order valence-electron chi connectivity index (χ4n) is 3.21. The van der Waals surface area contributed by atoms with Gasteiger partial charge in [-0.3, -0.25) is 4.79 Å². The molecule has 0 aromatic heterocycles. The van der Waals surface area contributed by atoms with Gasteiger partial charge < -0.3 is 10.2 Å². The Morgan fingerprint density at radius 1 is 1.18 bits per heavy atom. The summed E-state index contributed by atoms with van der Waals surface area (Å²) >= 11 is 0. The summed E-state index contributed by atoms with van der Waals surface area (Å²) in [6.07, 6.45) is 5.74. The molecule has 0 aromatic carbocycles. The summed E-state index contributed by atoms with van der Waals surface area (Å²) in [5.41, 5.74) is 0.951. The van der Waals surface area contributed by atoms with E-state index < -0.39 is 0 Å². The second-order valence-corrected chi connectivity index (χ2v) is 6.60. The lowest BCUT2D eigenvalue weighted by Crippen LogP contribution is -3.01. The van der Waals surface area contributed by atoms with Crippen LogP contribution in [0.4, 0.5) is 0 Å². The highest BCUT2D eigenvalue weighted by molar-refractivity contribution is 5.95. The first-order valence-electron chi connectivity index (χ1n) is 6.71. The molecule has 1 saturated heterocycles. The van der Waals surface area contributed by atoms with Crippen LogP contribution in [0.25, 0.3) is 0 Å². The van der Waals surface area contributed by atoms with Crippen molar-refractivity contribution in [1.29, 1.82) is 0 Å². The van der Waals surface area contributed by atoms with E-state index in [1.165, 1.54) is 6.42 Å². The quantitative estimate of drug-likeness (QED) is 0.727. The maximum Gasteiger partial charge on any atom is 0.255 e. The molecule has 0 bridgehead atoms. The lowest BCUT2D eigenvalue weighted by atomic mass is 9.95. The molecule has 2 aliphatic heterocycles. The van der Waals surface area contributed by atoms with Crippen molar-refractivity contribution in [2.45, 2.75) is 58.0 Å². The van der Waals surface area contributed by atoms with E-state index in [0.29, 0.717) is 0 Å². The zero-order valence-electron chi connectivity index (χ0n) is 11.5. The van der Waals surface area contributed by atoms with Crippen LogP contribution < -0.4 is 5.32 Å². The number of hydrogen-bond acceptors (Lipinski definition) is 1. The summed E-state index contributed by atoms with van der Waals surface area (Å²) in [5.74, 6) is 0.261. The van der Waals surface area contributed by atoms with Gasteiger partial charge in [-0.1, -0.05) is 0 Å². The van der Waals surface area contributed by atoms with Gasteiger partial charge in [0.2, 0.25) is 0 Å². The second kappa shape index (κ2) is 4.13. The first-order chi connectivity index (χ1) is 7.82. The third-order valence-corrected chi connectivity index (χ3v) is 3.82. The molecular weight excluding hydrogens is 212 g/mol. The van der Waals surface area contributed by atoms with Crippen LogP contribution in [0, 0.1) is 0 Å². The average Bonchev–Trinajstić information content (AvgIpc) is 2.47. The second-order valence-electron chi connectivity index (χ2n) is 6.60. The highest BCUT2D eigenvalue weighted by atomic mass is 16.2. The fraction of sp³-hybridized carbons (Fsp3) is 0.786. The van der Waals surface area contributed by atoms with Crippen LogP contribution in [0.3, 0.4) is 0 Å². The summed E-state index contributed by atoms with van der Waals surface area (Å²) < 4.78 is 0. The lowest BCUT2D eigenvalue weighted by Gasteiger charge is -2.30. The van der Waals surface area contributed by atoms with Gasteiger partial charge in [-0.2, -0.15) is 0 Å². The minimum Gasteiger partial charge on any atom is -0.339 e. The molecule has 0 unspecified atom stereocenters. The number of quaternary nitrogens is 1. The number of nitrogens with zero attached hydrogens (tertiary/aromatic N) is 1. The highest BCUT2D eigenvalue weighted by Crippen LogP contribution is 2.25. The molecule has 1 amide bonds. The zero-order chi connectivity index (χ0) is 12.7. The molecule has 2 N–H and O–H groups in total. The van der Waals surface area contributed by atoms with Crippen molar-refractivity contribution >= 4 is 5.91 Å². The predicted molar refractivity (Wildman–Crippen MR) is 68.6 cm³/mol. The maximum atomic E-state index is 12.5. The van der Waals surface area contributed by atoms with Crippen LogP contribution in [0.2, 0.25) is 0 Å². The molecule has 2 aliphatic rings. The van der Waals surface area contributed by atoms with Gasteiger partial charge in [-0.25, -0.2) is 0 Å². The summed E-state index contributed by atoms with van der Waals surface area (Å²) in [7, 11) is 0. The first-order valence-corrected chi connectivity index (χ1v) is 6.71. The number of likely N-dealkylation sites (tertiary alicyclic amines) is 1. The molecule has 0 radical (unpaired) electrons. The zero-order valence-corrected chi connectivity index (χ0v) is 11.5. The average molecular weight is 237 g/mol. The molecule has 3 heteroatoms. The largest absolute Gasteiger partial charge is 0.339 e. The number of amides is 1. The minimum atomic E-state index is -0.0853. The smallest absolute Gasteiger partial charge is 0.255 e. The van der Waals surface area contributed by atoms with Crippen molar-refractivity contribution in [3.05, 3.63) is 11.6 Å². The Balaban J connectivity index is 2.18. The molecule has 17 heavy (non-hydrogen) atoms. The number of piperidine rings is 1. The van der Waals surface area contributed by atoms with Gasteiger partial charge in [0.25, 0.3) is 5.91 Å².